The Balaban J connectivity index is 1.72. The molecule has 0 spiro atoms. The topological polar surface area (TPSA) is 45.6 Å². The molecule has 23 heavy (non-hydrogen) atoms. The van der Waals surface area contributed by atoms with E-state index in [1.54, 1.807) is 0 Å². The van der Waals surface area contributed by atoms with Crippen LogP contribution in [-0.2, 0) is 17.7 Å². The monoisotopic (exact) mass is 312 g/mol. The molecule has 1 saturated heterocycles. The van der Waals surface area contributed by atoms with Gasteiger partial charge in [0.1, 0.15) is 5.60 Å². The third-order valence-electron chi connectivity index (χ3n) is 4.48. The number of morpholine rings is 1. The number of nitrogens with zero attached hydrogens (tertiary/aromatic N) is 2. The quantitative estimate of drug-likeness (QED) is 0.919. The van der Waals surface area contributed by atoms with Crippen molar-refractivity contribution in [1.82, 2.24) is 9.88 Å². The summed E-state index contributed by atoms with van der Waals surface area (Å²) in [5.74, 6) is 0. The van der Waals surface area contributed by atoms with Gasteiger partial charge in [0.25, 0.3) is 0 Å². The lowest BCUT2D eigenvalue weighted by atomic mass is 9.93. The maximum absolute atomic E-state index is 9.97. The maximum atomic E-state index is 9.97. The van der Waals surface area contributed by atoms with Crippen molar-refractivity contribution in [2.45, 2.75) is 25.5 Å². The van der Waals surface area contributed by atoms with Gasteiger partial charge in [-0.1, -0.05) is 36.4 Å². The van der Waals surface area contributed by atoms with E-state index in [0.717, 1.165) is 25.2 Å². The SMILES string of the molecule is Cc1cccnc1CN1CCOC(CO)(Cc2ccccc2)C1. The molecule has 1 fully saturated rings. The molecule has 0 saturated carbocycles. The van der Waals surface area contributed by atoms with Gasteiger partial charge < -0.3 is 9.84 Å². The second kappa shape index (κ2) is 7.21. The normalized spacial score (nSPS) is 22.2. The number of hydrogen-bond acceptors (Lipinski definition) is 4. The summed E-state index contributed by atoms with van der Waals surface area (Å²) in [4.78, 5) is 6.82. The van der Waals surface area contributed by atoms with Crippen LogP contribution in [0.2, 0.25) is 0 Å². The zero-order valence-corrected chi connectivity index (χ0v) is 13.6. The molecule has 4 heteroatoms. The second-order valence-corrected chi connectivity index (χ2v) is 6.33. The van der Waals surface area contributed by atoms with E-state index >= 15 is 0 Å². The van der Waals surface area contributed by atoms with Crippen molar-refractivity contribution >= 4 is 0 Å². The molecule has 1 N–H and O–H groups in total. The standard InChI is InChI=1S/C19H24N2O2/c1-16-6-5-9-20-18(16)13-21-10-11-23-19(14-21,15-22)12-17-7-3-2-4-8-17/h2-9,22H,10-15H2,1H3. The Labute approximate surface area is 137 Å². The van der Waals surface area contributed by atoms with E-state index in [-0.39, 0.29) is 6.61 Å². The van der Waals surface area contributed by atoms with Gasteiger partial charge in [0, 0.05) is 32.3 Å². The lowest BCUT2D eigenvalue weighted by Crippen LogP contribution is -2.55. The molecular formula is C19H24N2O2. The van der Waals surface area contributed by atoms with Gasteiger partial charge in [-0.2, -0.15) is 0 Å². The summed E-state index contributed by atoms with van der Waals surface area (Å²) >= 11 is 0. The molecule has 0 amide bonds. The van der Waals surface area contributed by atoms with E-state index in [9.17, 15) is 5.11 Å². The fourth-order valence-corrected chi connectivity index (χ4v) is 3.18. The predicted octanol–water partition coefficient (Wildman–Crippen LogP) is 2.20. The first-order valence-corrected chi connectivity index (χ1v) is 8.12. The van der Waals surface area contributed by atoms with Gasteiger partial charge in [-0.25, -0.2) is 0 Å². The number of rotatable bonds is 5. The minimum absolute atomic E-state index is 0.0274. The van der Waals surface area contributed by atoms with E-state index in [1.807, 2.05) is 30.5 Å². The molecule has 2 aromatic rings. The van der Waals surface area contributed by atoms with Crippen LogP contribution in [0.25, 0.3) is 0 Å². The minimum atomic E-state index is -0.526. The summed E-state index contributed by atoms with van der Waals surface area (Å²) in [6, 6.07) is 14.3. The van der Waals surface area contributed by atoms with Gasteiger partial charge in [0.15, 0.2) is 0 Å². The van der Waals surface area contributed by atoms with Gasteiger partial charge in [-0.15, -0.1) is 0 Å². The summed E-state index contributed by atoms with van der Waals surface area (Å²) in [6.07, 6.45) is 2.56. The van der Waals surface area contributed by atoms with E-state index in [0.29, 0.717) is 13.2 Å². The van der Waals surface area contributed by atoms with Crippen molar-refractivity contribution in [3.8, 4) is 0 Å². The summed E-state index contributed by atoms with van der Waals surface area (Å²) in [6.45, 7) is 5.14. The summed E-state index contributed by atoms with van der Waals surface area (Å²) in [5, 5.41) is 9.97. The van der Waals surface area contributed by atoms with E-state index in [1.165, 1.54) is 11.1 Å². The molecule has 0 aliphatic carbocycles. The predicted molar refractivity (Wildman–Crippen MR) is 90.2 cm³/mol. The highest BCUT2D eigenvalue weighted by molar-refractivity contribution is 5.19. The van der Waals surface area contributed by atoms with Crippen molar-refractivity contribution in [3.63, 3.8) is 0 Å². The van der Waals surface area contributed by atoms with Crippen LogP contribution >= 0.6 is 0 Å². The van der Waals surface area contributed by atoms with Gasteiger partial charge in [-0.3, -0.25) is 9.88 Å². The Kier molecular flexibility index (Phi) is 5.06. The molecule has 4 nitrogen and oxygen atoms in total. The molecule has 0 bridgehead atoms. The lowest BCUT2D eigenvalue weighted by molar-refractivity contribution is -0.134. The Morgan fingerprint density at radius 3 is 2.78 bits per heavy atom. The van der Waals surface area contributed by atoms with E-state index < -0.39 is 5.60 Å². The smallest absolute Gasteiger partial charge is 0.108 e. The number of ether oxygens (including phenoxy) is 1. The average Bonchev–Trinajstić information content (AvgIpc) is 2.58. The first-order chi connectivity index (χ1) is 11.2. The average molecular weight is 312 g/mol. The number of aromatic nitrogens is 1. The molecule has 2 heterocycles. The van der Waals surface area contributed by atoms with Crippen molar-refractivity contribution in [3.05, 3.63) is 65.5 Å². The first kappa shape index (κ1) is 16.1. The summed E-state index contributed by atoms with van der Waals surface area (Å²) < 4.78 is 6.00. The van der Waals surface area contributed by atoms with Crippen LogP contribution in [0.3, 0.4) is 0 Å². The zero-order chi connectivity index (χ0) is 16.1. The molecule has 122 valence electrons. The highest BCUT2D eigenvalue weighted by Gasteiger charge is 2.36. The number of benzene rings is 1. The molecule has 3 rings (SSSR count). The molecule has 1 aromatic heterocycles. The zero-order valence-electron chi connectivity index (χ0n) is 13.6. The van der Waals surface area contributed by atoms with Gasteiger partial charge >= 0.3 is 0 Å². The van der Waals surface area contributed by atoms with E-state index in [2.05, 4.69) is 35.0 Å². The van der Waals surface area contributed by atoms with Crippen molar-refractivity contribution in [2.24, 2.45) is 0 Å². The maximum Gasteiger partial charge on any atom is 0.108 e. The third kappa shape index (κ3) is 3.96. The molecule has 1 unspecified atom stereocenters. The first-order valence-electron chi connectivity index (χ1n) is 8.12. The van der Waals surface area contributed by atoms with Crippen LogP contribution in [0, 0.1) is 6.92 Å². The van der Waals surface area contributed by atoms with Crippen molar-refractivity contribution in [2.75, 3.05) is 26.3 Å². The van der Waals surface area contributed by atoms with Crippen LogP contribution in [-0.4, -0.2) is 46.9 Å². The molecule has 0 radical (unpaired) electrons. The van der Waals surface area contributed by atoms with E-state index in [4.69, 9.17) is 4.74 Å². The van der Waals surface area contributed by atoms with Crippen LogP contribution in [0.5, 0.6) is 0 Å². The van der Waals surface area contributed by atoms with Crippen molar-refractivity contribution in [1.29, 1.82) is 0 Å². The number of aryl methyl sites for hydroxylation is 1. The lowest BCUT2D eigenvalue weighted by Gasteiger charge is -2.42. The van der Waals surface area contributed by atoms with Gasteiger partial charge in [0.2, 0.25) is 0 Å². The Morgan fingerprint density at radius 2 is 2.04 bits per heavy atom. The minimum Gasteiger partial charge on any atom is -0.393 e. The van der Waals surface area contributed by atoms with Gasteiger partial charge in [0.05, 0.1) is 18.9 Å². The van der Waals surface area contributed by atoms with Crippen LogP contribution in [0.15, 0.2) is 48.7 Å². The van der Waals surface area contributed by atoms with Gasteiger partial charge in [-0.05, 0) is 24.1 Å². The van der Waals surface area contributed by atoms with Crippen LogP contribution in [0.4, 0.5) is 0 Å². The summed E-state index contributed by atoms with van der Waals surface area (Å²) in [7, 11) is 0. The molecule has 1 aromatic carbocycles. The molecular weight excluding hydrogens is 288 g/mol. The summed E-state index contributed by atoms with van der Waals surface area (Å²) in [5.41, 5.74) is 2.97. The fourth-order valence-electron chi connectivity index (χ4n) is 3.18. The number of pyridine rings is 1. The Hall–Kier alpha value is -1.75. The Bertz CT molecular complexity index is 632. The van der Waals surface area contributed by atoms with Crippen LogP contribution < -0.4 is 0 Å². The Morgan fingerprint density at radius 1 is 1.22 bits per heavy atom. The van der Waals surface area contributed by atoms with Crippen molar-refractivity contribution < 1.29 is 9.84 Å². The molecule has 1 aliphatic heterocycles. The largest absolute Gasteiger partial charge is 0.393 e. The molecule has 1 atom stereocenters. The number of hydrogen-bond donors (Lipinski definition) is 1. The fraction of sp³-hybridized carbons (Fsp3) is 0.421. The highest BCUT2D eigenvalue weighted by Crippen LogP contribution is 2.24. The van der Waals surface area contributed by atoms with Crippen LogP contribution in [0.1, 0.15) is 16.8 Å². The molecule has 1 aliphatic rings. The highest BCUT2D eigenvalue weighted by atomic mass is 16.5. The number of aliphatic hydroxyl groups excluding tert-OH is 1. The second-order valence-electron chi connectivity index (χ2n) is 6.33. The number of aliphatic hydroxyl groups is 1. The third-order valence-corrected chi connectivity index (χ3v) is 4.48.